The number of hydrogen-bond acceptors (Lipinski definition) is 2. The van der Waals surface area contributed by atoms with Crippen molar-refractivity contribution in [2.24, 2.45) is 11.7 Å². The summed E-state index contributed by atoms with van der Waals surface area (Å²) < 4.78 is 28.1. The first-order chi connectivity index (χ1) is 8.40. The zero-order valence-electron chi connectivity index (χ0n) is 10.4. The van der Waals surface area contributed by atoms with Crippen molar-refractivity contribution in [1.82, 2.24) is 0 Å². The molecule has 0 spiro atoms. The first-order valence-corrected chi connectivity index (χ1v) is 6.36. The van der Waals surface area contributed by atoms with E-state index in [0.717, 1.165) is 6.42 Å². The van der Waals surface area contributed by atoms with Crippen LogP contribution in [0.1, 0.15) is 25.8 Å². The third-order valence-electron chi connectivity index (χ3n) is 3.37. The van der Waals surface area contributed by atoms with E-state index in [1.807, 2.05) is 6.92 Å². The highest BCUT2D eigenvalue weighted by Gasteiger charge is 2.30. The lowest BCUT2D eigenvalue weighted by Gasteiger charge is -2.25. The molecule has 2 N–H and O–H groups in total. The lowest BCUT2D eigenvalue weighted by atomic mass is 10.1. The highest BCUT2D eigenvalue weighted by Crippen LogP contribution is 2.33. The lowest BCUT2D eigenvalue weighted by molar-refractivity contribution is 0.567. The van der Waals surface area contributed by atoms with E-state index in [-0.39, 0.29) is 22.3 Å². The number of rotatable bonds is 2. The van der Waals surface area contributed by atoms with Crippen molar-refractivity contribution in [2.45, 2.75) is 26.3 Å². The topological polar surface area (TPSA) is 29.3 Å². The van der Waals surface area contributed by atoms with E-state index >= 15 is 0 Å². The maximum atomic E-state index is 14.0. The summed E-state index contributed by atoms with van der Waals surface area (Å²) in [5.41, 5.74) is 5.65. The van der Waals surface area contributed by atoms with Gasteiger partial charge in [0.1, 0.15) is 22.3 Å². The highest BCUT2D eigenvalue weighted by atomic mass is 32.1. The SMILES string of the molecule is CC1CC(C)N(c2c(F)cc(C(N)=S)cc2F)C1. The Morgan fingerprint density at radius 3 is 2.28 bits per heavy atom. The van der Waals surface area contributed by atoms with Crippen molar-refractivity contribution in [2.75, 3.05) is 11.4 Å². The van der Waals surface area contributed by atoms with Gasteiger partial charge in [0.05, 0.1) is 0 Å². The summed E-state index contributed by atoms with van der Waals surface area (Å²) in [6.07, 6.45) is 0.940. The van der Waals surface area contributed by atoms with Gasteiger partial charge in [0, 0.05) is 18.2 Å². The molecule has 2 unspecified atom stereocenters. The van der Waals surface area contributed by atoms with Gasteiger partial charge in [-0.25, -0.2) is 8.78 Å². The molecule has 0 bridgehead atoms. The van der Waals surface area contributed by atoms with Crippen molar-refractivity contribution in [3.63, 3.8) is 0 Å². The van der Waals surface area contributed by atoms with E-state index in [9.17, 15) is 8.78 Å². The summed E-state index contributed by atoms with van der Waals surface area (Å²) in [6.45, 7) is 4.72. The number of anilines is 1. The fourth-order valence-electron chi connectivity index (χ4n) is 2.59. The van der Waals surface area contributed by atoms with Crippen LogP contribution in [0.4, 0.5) is 14.5 Å². The van der Waals surface area contributed by atoms with Gasteiger partial charge in [-0.3, -0.25) is 0 Å². The number of thiocarbonyl (C=S) groups is 1. The van der Waals surface area contributed by atoms with Crippen LogP contribution in [0.3, 0.4) is 0 Å². The normalized spacial score (nSPS) is 23.4. The molecule has 2 rings (SSSR count). The van der Waals surface area contributed by atoms with E-state index in [0.29, 0.717) is 12.5 Å². The smallest absolute Gasteiger partial charge is 0.150 e. The zero-order valence-corrected chi connectivity index (χ0v) is 11.2. The Morgan fingerprint density at radius 2 is 1.89 bits per heavy atom. The Morgan fingerprint density at radius 1 is 1.33 bits per heavy atom. The van der Waals surface area contributed by atoms with Gasteiger partial charge >= 0.3 is 0 Å². The Hall–Kier alpha value is -1.23. The molecule has 1 aliphatic heterocycles. The fourth-order valence-corrected chi connectivity index (χ4v) is 2.71. The Bertz CT molecular complexity index is 467. The molecule has 1 aromatic rings. The molecule has 98 valence electrons. The largest absolute Gasteiger partial charge is 0.389 e. The van der Waals surface area contributed by atoms with Crippen LogP contribution in [0.15, 0.2) is 12.1 Å². The number of nitrogens with zero attached hydrogens (tertiary/aromatic N) is 1. The quantitative estimate of drug-likeness (QED) is 0.838. The molecule has 2 nitrogen and oxygen atoms in total. The third kappa shape index (κ3) is 2.32. The molecule has 1 heterocycles. The second-order valence-electron chi connectivity index (χ2n) is 5.00. The molecule has 0 radical (unpaired) electrons. The van der Waals surface area contributed by atoms with Crippen LogP contribution in [0.2, 0.25) is 0 Å². The van der Waals surface area contributed by atoms with Crippen LogP contribution in [-0.4, -0.2) is 17.6 Å². The standard InChI is InChI=1S/C13H16F2N2S/c1-7-3-8(2)17(6-7)12-10(14)4-9(13(16)18)5-11(12)15/h4-5,7-8H,3,6H2,1-2H3,(H2,16,18). The lowest BCUT2D eigenvalue weighted by Crippen LogP contribution is -2.29. The van der Waals surface area contributed by atoms with Crippen LogP contribution >= 0.6 is 12.2 Å². The molecule has 0 amide bonds. The second-order valence-corrected chi connectivity index (χ2v) is 5.43. The van der Waals surface area contributed by atoms with Crippen LogP contribution in [0, 0.1) is 17.6 Å². The van der Waals surface area contributed by atoms with Gasteiger partial charge in [0.25, 0.3) is 0 Å². The molecule has 1 aliphatic rings. The molecule has 0 aromatic heterocycles. The van der Waals surface area contributed by atoms with E-state index in [4.69, 9.17) is 18.0 Å². The minimum Gasteiger partial charge on any atom is -0.389 e. The molecular weight excluding hydrogens is 254 g/mol. The highest BCUT2D eigenvalue weighted by molar-refractivity contribution is 7.80. The Labute approximate surface area is 111 Å². The van der Waals surface area contributed by atoms with Gasteiger partial charge in [-0.1, -0.05) is 19.1 Å². The number of benzene rings is 1. The molecule has 0 aliphatic carbocycles. The molecule has 1 aromatic carbocycles. The molecule has 1 fully saturated rings. The molecule has 0 saturated carbocycles. The van der Waals surface area contributed by atoms with Crippen molar-refractivity contribution < 1.29 is 8.78 Å². The Balaban J connectivity index is 2.43. The average molecular weight is 270 g/mol. The fraction of sp³-hybridized carbons (Fsp3) is 0.462. The predicted molar refractivity (Wildman–Crippen MR) is 72.8 cm³/mol. The van der Waals surface area contributed by atoms with Crippen molar-refractivity contribution >= 4 is 22.9 Å². The number of halogens is 2. The van der Waals surface area contributed by atoms with Crippen molar-refractivity contribution in [3.8, 4) is 0 Å². The van der Waals surface area contributed by atoms with Gasteiger partial charge in [-0.2, -0.15) is 0 Å². The first kappa shape index (κ1) is 13.2. The summed E-state index contributed by atoms with van der Waals surface area (Å²) in [4.78, 5) is 1.78. The summed E-state index contributed by atoms with van der Waals surface area (Å²) in [6, 6.07) is 2.55. The van der Waals surface area contributed by atoms with Crippen molar-refractivity contribution in [3.05, 3.63) is 29.3 Å². The van der Waals surface area contributed by atoms with Crippen LogP contribution in [-0.2, 0) is 0 Å². The number of hydrogen-bond donors (Lipinski definition) is 1. The van der Waals surface area contributed by atoms with Gasteiger partial charge in [0.2, 0.25) is 0 Å². The second kappa shape index (κ2) is 4.80. The first-order valence-electron chi connectivity index (χ1n) is 5.95. The Kier molecular flexibility index (Phi) is 3.52. The molecule has 18 heavy (non-hydrogen) atoms. The minimum atomic E-state index is -0.598. The van der Waals surface area contributed by atoms with E-state index in [1.54, 1.807) is 4.90 Å². The van der Waals surface area contributed by atoms with Crippen LogP contribution < -0.4 is 10.6 Å². The summed E-state index contributed by atoms with van der Waals surface area (Å²) in [5, 5.41) is 0. The maximum Gasteiger partial charge on any atom is 0.150 e. The molecule has 5 heteroatoms. The summed E-state index contributed by atoms with van der Waals surface area (Å²) in [5.74, 6) is -0.758. The molecule has 1 saturated heterocycles. The van der Waals surface area contributed by atoms with E-state index in [2.05, 4.69) is 6.92 Å². The monoisotopic (exact) mass is 270 g/mol. The zero-order chi connectivity index (χ0) is 13.4. The van der Waals surface area contributed by atoms with Gasteiger partial charge in [-0.05, 0) is 31.4 Å². The van der Waals surface area contributed by atoms with E-state index < -0.39 is 11.6 Å². The molecule has 2 atom stereocenters. The van der Waals surface area contributed by atoms with Gasteiger partial charge in [-0.15, -0.1) is 0 Å². The van der Waals surface area contributed by atoms with Gasteiger partial charge < -0.3 is 10.6 Å². The van der Waals surface area contributed by atoms with Gasteiger partial charge in [0.15, 0.2) is 0 Å². The predicted octanol–water partition coefficient (Wildman–Crippen LogP) is 2.83. The number of nitrogens with two attached hydrogens (primary N) is 1. The van der Waals surface area contributed by atoms with Crippen molar-refractivity contribution in [1.29, 1.82) is 0 Å². The average Bonchev–Trinajstić information content (AvgIpc) is 2.56. The summed E-state index contributed by atoms with van der Waals surface area (Å²) >= 11 is 4.73. The summed E-state index contributed by atoms with van der Waals surface area (Å²) in [7, 11) is 0. The van der Waals surface area contributed by atoms with E-state index in [1.165, 1.54) is 12.1 Å². The third-order valence-corrected chi connectivity index (χ3v) is 3.61. The minimum absolute atomic E-state index is 0.00203. The van der Waals surface area contributed by atoms with Crippen LogP contribution in [0.5, 0.6) is 0 Å². The van der Waals surface area contributed by atoms with Crippen LogP contribution in [0.25, 0.3) is 0 Å². The maximum absolute atomic E-state index is 14.0. The molecular formula is C13H16F2N2S.